The molecule has 1 aliphatic carbocycles. The second-order valence-electron chi connectivity index (χ2n) is 7.85. The first-order valence-electron chi connectivity index (χ1n) is 8.64. The van der Waals surface area contributed by atoms with Crippen molar-refractivity contribution < 1.29 is 18.7 Å². The predicted molar refractivity (Wildman–Crippen MR) is 91.3 cm³/mol. The molecule has 1 aromatic carbocycles. The summed E-state index contributed by atoms with van der Waals surface area (Å²) in [6.07, 6.45) is 1.06. The van der Waals surface area contributed by atoms with Crippen LogP contribution in [0.1, 0.15) is 47.5 Å². The van der Waals surface area contributed by atoms with Crippen LogP contribution in [0.15, 0.2) is 16.5 Å². The van der Waals surface area contributed by atoms with Crippen LogP contribution in [-0.4, -0.2) is 24.8 Å². The number of hydrogen-bond acceptors (Lipinski definition) is 4. The monoisotopic (exact) mass is 328 g/mol. The lowest BCUT2D eigenvalue weighted by molar-refractivity contribution is -0.183. The summed E-state index contributed by atoms with van der Waals surface area (Å²) in [5, 5.41) is 1.02. The third-order valence-corrected chi connectivity index (χ3v) is 5.89. The molecule has 1 saturated heterocycles. The summed E-state index contributed by atoms with van der Waals surface area (Å²) in [6, 6.07) is 4.08. The van der Waals surface area contributed by atoms with Gasteiger partial charge in [-0.2, -0.15) is 0 Å². The van der Waals surface area contributed by atoms with Crippen LogP contribution in [-0.2, 0) is 9.47 Å². The minimum absolute atomic E-state index is 0.104. The number of carbonyl (C=O) groups is 1. The van der Waals surface area contributed by atoms with Crippen LogP contribution >= 0.6 is 0 Å². The Kier molecular flexibility index (Phi) is 3.33. The second-order valence-corrected chi connectivity index (χ2v) is 7.85. The molecule has 1 aromatic heterocycles. The van der Waals surface area contributed by atoms with Crippen LogP contribution in [0.4, 0.5) is 0 Å². The fourth-order valence-corrected chi connectivity index (χ4v) is 4.56. The van der Waals surface area contributed by atoms with Gasteiger partial charge in [-0.3, -0.25) is 0 Å². The zero-order valence-corrected chi connectivity index (χ0v) is 14.9. The molecule has 2 aliphatic rings. The van der Waals surface area contributed by atoms with Gasteiger partial charge < -0.3 is 13.9 Å². The van der Waals surface area contributed by atoms with Crippen LogP contribution in [0.5, 0.6) is 0 Å². The number of furan rings is 1. The van der Waals surface area contributed by atoms with Gasteiger partial charge in [-0.1, -0.05) is 26.0 Å². The summed E-state index contributed by atoms with van der Waals surface area (Å²) in [6.45, 7) is 10.9. The molecule has 2 fully saturated rings. The van der Waals surface area contributed by atoms with Gasteiger partial charge in [-0.05, 0) is 38.3 Å². The zero-order valence-electron chi connectivity index (χ0n) is 14.9. The Morgan fingerprint density at radius 1 is 1.21 bits per heavy atom. The molecular weight excluding hydrogens is 304 g/mol. The molecule has 3 atom stereocenters. The molecule has 2 aromatic rings. The van der Waals surface area contributed by atoms with Gasteiger partial charge in [0.05, 0.1) is 6.10 Å². The summed E-state index contributed by atoms with van der Waals surface area (Å²) in [4.78, 5) is 12.8. The molecule has 4 nitrogen and oxygen atoms in total. The van der Waals surface area contributed by atoms with E-state index in [9.17, 15) is 4.79 Å². The van der Waals surface area contributed by atoms with Gasteiger partial charge in [0.25, 0.3) is 0 Å². The molecule has 0 spiro atoms. The molecule has 0 N–H and O–H groups in total. The molecule has 1 aliphatic heterocycles. The Labute approximate surface area is 142 Å². The van der Waals surface area contributed by atoms with Crippen molar-refractivity contribution in [3.63, 3.8) is 0 Å². The normalized spacial score (nSPS) is 27.8. The Hall–Kier alpha value is -1.81. The Bertz CT molecular complexity index is 830. The quantitative estimate of drug-likeness (QED) is 0.770. The molecule has 2 heterocycles. The standard InChI is InChI=1S/C20H24O4/c1-10-6-7-11(2)15-14(10)12(3)16(23-15)19(21)24-18-13-8-9-22-17(13)20(18,4)5/h6-7,13,17-18H,8-9H2,1-5H3/t13-,17-,18+/m0/s1. The fourth-order valence-electron chi connectivity index (χ4n) is 4.56. The molecule has 1 saturated carbocycles. The van der Waals surface area contributed by atoms with Gasteiger partial charge in [0.2, 0.25) is 5.76 Å². The SMILES string of the molecule is Cc1ccc(C)c2c(C)c(C(=O)O[C@@H]3[C@H]4CCO[C@@H]4C3(C)C)oc12. The van der Waals surface area contributed by atoms with Gasteiger partial charge in [-0.25, -0.2) is 4.79 Å². The average Bonchev–Trinajstić information content (AvgIpc) is 3.12. The van der Waals surface area contributed by atoms with Crippen LogP contribution in [0, 0.1) is 32.1 Å². The number of ether oxygens (including phenoxy) is 2. The summed E-state index contributed by atoms with van der Waals surface area (Å²) < 4.78 is 17.6. The number of fused-ring (bicyclic) bond motifs is 2. The third-order valence-electron chi connectivity index (χ3n) is 5.89. The van der Waals surface area contributed by atoms with Crippen molar-refractivity contribution in [3.8, 4) is 0 Å². The van der Waals surface area contributed by atoms with E-state index in [1.165, 1.54) is 0 Å². The first kappa shape index (κ1) is 15.7. The first-order valence-corrected chi connectivity index (χ1v) is 8.64. The molecule has 24 heavy (non-hydrogen) atoms. The van der Waals surface area contributed by atoms with Crippen LogP contribution in [0.25, 0.3) is 11.0 Å². The maximum atomic E-state index is 12.8. The lowest BCUT2D eigenvalue weighted by atomic mass is 9.59. The van der Waals surface area contributed by atoms with Gasteiger partial charge in [0, 0.05) is 28.9 Å². The number of aryl methyl sites for hydroxylation is 3. The van der Waals surface area contributed by atoms with Crippen molar-refractivity contribution in [1.82, 2.24) is 0 Å². The molecular formula is C20H24O4. The van der Waals surface area contributed by atoms with E-state index in [0.717, 1.165) is 40.7 Å². The predicted octanol–water partition coefficient (Wildman–Crippen LogP) is 4.33. The van der Waals surface area contributed by atoms with Crippen LogP contribution in [0.2, 0.25) is 0 Å². The molecule has 128 valence electrons. The third kappa shape index (κ3) is 1.99. The Balaban J connectivity index is 1.66. The number of benzene rings is 1. The van der Waals surface area contributed by atoms with Crippen molar-refractivity contribution in [2.24, 2.45) is 11.3 Å². The summed E-state index contributed by atoms with van der Waals surface area (Å²) in [5.41, 5.74) is 3.67. The molecule has 4 heteroatoms. The maximum Gasteiger partial charge on any atom is 0.374 e. The Morgan fingerprint density at radius 2 is 1.92 bits per heavy atom. The van der Waals surface area contributed by atoms with Crippen molar-refractivity contribution in [1.29, 1.82) is 0 Å². The Morgan fingerprint density at radius 3 is 2.62 bits per heavy atom. The van der Waals surface area contributed by atoms with Crippen molar-refractivity contribution in [3.05, 3.63) is 34.6 Å². The van der Waals surface area contributed by atoms with E-state index in [1.54, 1.807) is 0 Å². The summed E-state index contributed by atoms with van der Waals surface area (Å²) in [7, 11) is 0. The summed E-state index contributed by atoms with van der Waals surface area (Å²) >= 11 is 0. The number of hydrogen-bond donors (Lipinski definition) is 0. The van der Waals surface area contributed by atoms with E-state index in [-0.39, 0.29) is 23.6 Å². The smallest absolute Gasteiger partial charge is 0.374 e. The lowest BCUT2D eigenvalue weighted by Gasteiger charge is -2.52. The minimum atomic E-state index is -0.356. The van der Waals surface area contributed by atoms with Crippen molar-refractivity contribution in [2.45, 2.75) is 53.2 Å². The van der Waals surface area contributed by atoms with Gasteiger partial charge in [-0.15, -0.1) is 0 Å². The highest BCUT2D eigenvalue weighted by Gasteiger charge is 2.61. The van der Waals surface area contributed by atoms with Crippen LogP contribution in [0.3, 0.4) is 0 Å². The highest BCUT2D eigenvalue weighted by Crippen LogP contribution is 2.54. The molecule has 0 unspecified atom stereocenters. The van der Waals surface area contributed by atoms with E-state index < -0.39 is 0 Å². The first-order chi connectivity index (χ1) is 11.3. The van der Waals surface area contributed by atoms with Crippen molar-refractivity contribution in [2.75, 3.05) is 6.61 Å². The van der Waals surface area contributed by atoms with E-state index in [2.05, 4.69) is 19.9 Å². The largest absolute Gasteiger partial charge is 0.455 e. The zero-order chi connectivity index (χ0) is 17.2. The molecule has 4 rings (SSSR count). The summed E-state index contributed by atoms with van der Waals surface area (Å²) in [5.74, 6) is 0.295. The average molecular weight is 328 g/mol. The highest BCUT2D eigenvalue weighted by atomic mass is 16.6. The molecule has 0 radical (unpaired) electrons. The lowest BCUT2D eigenvalue weighted by Crippen LogP contribution is -2.61. The maximum absolute atomic E-state index is 12.8. The van der Waals surface area contributed by atoms with Crippen molar-refractivity contribution >= 4 is 16.9 Å². The highest BCUT2D eigenvalue weighted by molar-refractivity contribution is 5.98. The fraction of sp³-hybridized carbons (Fsp3) is 0.550. The van der Waals surface area contributed by atoms with E-state index >= 15 is 0 Å². The minimum Gasteiger partial charge on any atom is -0.455 e. The number of esters is 1. The van der Waals surface area contributed by atoms with E-state index in [4.69, 9.17) is 13.9 Å². The topological polar surface area (TPSA) is 48.7 Å². The number of rotatable bonds is 2. The van der Waals surface area contributed by atoms with Gasteiger partial charge in [0.15, 0.2) is 0 Å². The van der Waals surface area contributed by atoms with E-state index in [0.29, 0.717) is 11.7 Å². The van der Waals surface area contributed by atoms with Crippen LogP contribution < -0.4 is 0 Å². The second kappa shape index (κ2) is 5.09. The van der Waals surface area contributed by atoms with E-state index in [1.807, 2.05) is 26.8 Å². The van der Waals surface area contributed by atoms with Gasteiger partial charge >= 0.3 is 5.97 Å². The van der Waals surface area contributed by atoms with Gasteiger partial charge in [0.1, 0.15) is 11.7 Å². The molecule has 0 amide bonds. The molecule has 0 bridgehead atoms. The number of carbonyl (C=O) groups excluding carboxylic acids is 1.